The van der Waals surface area contributed by atoms with Gasteiger partial charge in [0.2, 0.25) is 12.6 Å². The highest BCUT2D eigenvalue weighted by atomic mass is 16.8. The lowest BCUT2D eigenvalue weighted by Crippen LogP contribution is -2.64. The standard InChI is InChI=1S/C33H40O18/c1-15(34)43-14-24-27(45-16(2)35)28(46-17(3)36)29(47-18(4)37)33(49-24)51-31-25-22(11-12-42-31)26(32(48-19(5)38)44-13-23(25)39)50-30(40)20-7-9-21(41-6)10-8-20/h7-10,22,24-29,31-33H,11-14H2,1-6H3/t22-,24+,25+,26-,27+,28-,29+,31-,32-,33-/m0/s1. The Hall–Kier alpha value is -4.65. The van der Waals surface area contributed by atoms with Gasteiger partial charge in [-0.3, -0.25) is 28.8 Å². The summed E-state index contributed by atoms with van der Waals surface area (Å²) in [6.45, 7) is 4.24. The number of rotatable bonds is 11. The van der Waals surface area contributed by atoms with Crippen LogP contribution in [0.2, 0.25) is 0 Å². The number of esters is 6. The first kappa shape index (κ1) is 39.1. The van der Waals surface area contributed by atoms with Crippen LogP contribution >= 0.6 is 0 Å². The highest BCUT2D eigenvalue weighted by molar-refractivity contribution is 5.90. The number of methoxy groups -OCH3 is 1. The van der Waals surface area contributed by atoms with Gasteiger partial charge in [-0.1, -0.05) is 0 Å². The number of Topliss-reactive ketones (excluding diaryl/α,β-unsaturated/α-hetero) is 1. The van der Waals surface area contributed by atoms with E-state index < -0.39 is 116 Å². The first-order valence-corrected chi connectivity index (χ1v) is 15.9. The number of benzene rings is 1. The largest absolute Gasteiger partial charge is 0.497 e. The Balaban J connectivity index is 1.70. The fraction of sp³-hybridized carbons (Fsp3) is 0.606. The molecule has 0 aromatic heterocycles. The average Bonchev–Trinajstić information content (AvgIpc) is 3.18. The molecule has 18 heteroatoms. The normalized spacial score (nSPS) is 30.4. The molecule has 280 valence electrons. The van der Waals surface area contributed by atoms with Crippen LogP contribution in [0.5, 0.6) is 5.75 Å². The number of hydrogen-bond donors (Lipinski definition) is 0. The second-order valence-corrected chi connectivity index (χ2v) is 11.8. The van der Waals surface area contributed by atoms with Crippen molar-refractivity contribution in [2.45, 2.75) is 90.4 Å². The molecule has 18 nitrogen and oxygen atoms in total. The molecule has 0 amide bonds. The summed E-state index contributed by atoms with van der Waals surface area (Å²) in [5, 5.41) is 0. The van der Waals surface area contributed by atoms with Gasteiger partial charge in [-0.05, 0) is 30.7 Å². The first-order valence-electron chi connectivity index (χ1n) is 15.9. The second kappa shape index (κ2) is 17.5. The van der Waals surface area contributed by atoms with Gasteiger partial charge in [0.15, 0.2) is 36.5 Å². The average molecular weight is 725 g/mol. The number of fused-ring (bicyclic) bond motifs is 1. The zero-order valence-electron chi connectivity index (χ0n) is 28.8. The van der Waals surface area contributed by atoms with E-state index in [1.807, 2.05) is 0 Å². The lowest BCUT2D eigenvalue weighted by atomic mass is 9.80. The van der Waals surface area contributed by atoms with E-state index in [9.17, 15) is 33.6 Å². The number of carbonyl (C=O) groups excluding carboxylic acids is 7. The fourth-order valence-electron chi connectivity index (χ4n) is 6.00. The van der Waals surface area contributed by atoms with Crippen molar-refractivity contribution in [1.29, 1.82) is 0 Å². The summed E-state index contributed by atoms with van der Waals surface area (Å²) >= 11 is 0. The third-order valence-electron chi connectivity index (χ3n) is 8.01. The van der Waals surface area contributed by atoms with Gasteiger partial charge in [-0.2, -0.15) is 0 Å². The molecule has 0 spiro atoms. The van der Waals surface area contributed by atoms with Gasteiger partial charge in [0, 0.05) is 40.5 Å². The molecule has 3 saturated heterocycles. The molecule has 10 atom stereocenters. The van der Waals surface area contributed by atoms with E-state index in [0.717, 1.165) is 34.6 Å². The predicted molar refractivity (Wildman–Crippen MR) is 163 cm³/mol. The number of ketones is 1. The number of ether oxygens (including phenoxy) is 11. The van der Waals surface area contributed by atoms with Gasteiger partial charge >= 0.3 is 35.8 Å². The van der Waals surface area contributed by atoms with Gasteiger partial charge in [-0.25, -0.2) is 4.79 Å². The van der Waals surface area contributed by atoms with E-state index in [1.165, 1.54) is 19.2 Å². The molecule has 0 unspecified atom stereocenters. The van der Waals surface area contributed by atoms with Crippen molar-refractivity contribution < 1.29 is 85.7 Å². The van der Waals surface area contributed by atoms with E-state index in [0.29, 0.717) is 5.75 Å². The van der Waals surface area contributed by atoms with E-state index in [-0.39, 0.29) is 18.6 Å². The zero-order chi connectivity index (χ0) is 37.4. The first-order chi connectivity index (χ1) is 24.2. The topological polar surface area (TPSA) is 221 Å². The van der Waals surface area contributed by atoms with Gasteiger partial charge in [0.05, 0.1) is 25.2 Å². The maximum Gasteiger partial charge on any atom is 0.338 e. The molecule has 0 aliphatic carbocycles. The van der Waals surface area contributed by atoms with Gasteiger partial charge in [0.1, 0.15) is 25.1 Å². The third kappa shape index (κ3) is 10.2. The summed E-state index contributed by atoms with van der Waals surface area (Å²) < 4.78 is 61.5. The van der Waals surface area contributed by atoms with E-state index in [2.05, 4.69) is 0 Å². The molecule has 51 heavy (non-hydrogen) atoms. The highest BCUT2D eigenvalue weighted by Crippen LogP contribution is 2.40. The second-order valence-electron chi connectivity index (χ2n) is 11.8. The van der Waals surface area contributed by atoms with Gasteiger partial charge < -0.3 is 52.1 Å². The maximum atomic E-state index is 13.7. The Kier molecular flexibility index (Phi) is 13.4. The van der Waals surface area contributed by atoms with Crippen molar-refractivity contribution in [3.8, 4) is 5.75 Å². The summed E-state index contributed by atoms with van der Waals surface area (Å²) in [5.74, 6) is -7.13. The molecule has 0 radical (unpaired) electrons. The molecule has 0 N–H and O–H groups in total. The summed E-state index contributed by atoms with van der Waals surface area (Å²) in [4.78, 5) is 87.5. The van der Waals surface area contributed by atoms with Gasteiger partial charge in [-0.15, -0.1) is 0 Å². The van der Waals surface area contributed by atoms with Crippen molar-refractivity contribution >= 4 is 41.6 Å². The molecule has 3 fully saturated rings. The molecule has 3 aliphatic rings. The highest BCUT2D eigenvalue weighted by Gasteiger charge is 2.56. The summed E-state index contributed by atoms with van der Waals surface area (Å²) in [6, 6.07) is 6.01. The number of carbonyl (C=O) groups is 7. The molecule has 1 aromatic rings. The van der Waals surface area contributed by atoms with Crippen LogP contribution in [0.4, 0.5) is 0 Å². The molecule has 0 bridgehead atoms. The Morgan fingerprint density at radius 3 is 1.88 bits per heavy atom. The summed E-state index contributed by atoms with van der Waals surface area (Å²) in [6.07, 6.45) is -11.9. The van der Waals surface area contributed by atoms with Crippen molar-refractivity contribution in [1.82, 2.24) is 0 Å². The molecule has 1 aromatic carbocycles. The van der Waals surface area contributed by atoms with E-state index in [4.69, 9.17) is 52.1 Å². The van der Waals surface area contributed by atoms with Crippen molar-refractivity contribution in [2.24, 2.45) is 11.8 Å². The van der Waals surface area contributed by atoms with Crippen LogP contribution in [0.25, 0.3) is 0 Å². The fourth-order valence-corrected chi connectivity index (χ4v) is 6.00. The minimum absolute atomic E-state index is 0.0756. The van der Waals surface area contributed by atoms with Crippen molar-refractivity contribution in [2.75, 3.05) is 26.9 Å². The predicted octanol–water partition coefficient (Wildman–Crippen LogP) is 0.788. The van der Waals surface area contributed by atoms with Crippen LogP contribution in [0.15, 0.2) is 24.3 Å². The minimum Gasteiger partial charge on any atom is -0.497 e. The Morgan fingerprint density at radius 2 is 1.29 bits per heavy atom. The maximum absolute atomic E-state index is 13.7. The monoisotopic (exact) mass is 724 g/mol. The molecular formula is C33H40O18. The van der Waals surface area contributed by atoms with Crippen LogP contribution in [-0.4, -0.2) is 118 Å². The van der Waals surface area contributed by atoms with Crippen molar-refractivity contribution in [3.63, 3.8) is 0 Å². The quantitative estimate of drug-likeness (QED) is 0.227. The van der Waals surface area contributed by atoms with Crippen molar-refractivity contribution in [3.05, 3.63) is 29.8 Å². The summed E-state index contributed by atoms with van der Waals surface area (Å²) in [7, 11) is 1.46. The zero-order valence-corrected chi connectivity index (χ0v) is 28.8. The lowest BCUT2D eigenvalue weighted by molar-refractivity contribution is -0.352. The van der Waals surface area contributed by atoms with Crippen LogP contribution in [0, 0.1) is 11.8 Å². The molecule has 0 saturated carbocycles. The molecule has 4 rings (SSSR count). The van der Waals surface area contributed by atoms with Gasteiger partial charge in [0.25, 0.3) is 0 Å². The van der Waals surface area contributed by atoms with E-state index >= 15 is 0 Å². The Bertz CT molecular complexity index is 1460. The minimum atomic E-state index is -1.68. The van der Waals surface area contributed by atoms with Crippen LogP contribution in [0.3, 0.4) is 0 Å². The van der Waals surface area contributed by atoms with Crippen LogP contribution in [-0.2, 0) is 76.1 Å². The number of hydrogen-bond acceptors (Lipinski definition) is 18. The van der Waals surface area contributed by atoms with Crippen LogP contribution in [0.1, 0.15) is 51.4 Å². The molecule has 3 heterocycles. The lowest BCUT2D eigenvalue weighted by Gasteiger charge is -2.46. The summed E-state index contributed by atoms with van der Waals surface area (Å²) in [5.41, 5.74) is 0.127. The molecular weight excluding hydrogens is 684 g/mol. The van der Waals surface area contributed by atoms with Crippen LogP contribution < -0.4 is 4.74 Å². The Labute approximate surface area is 292 Å². The third-order valence-corrected chi connectivity index (χ3v) is 8.01. The Morgan fingerprint density at radius 1 is 0.686 bits per heavy atom. The smallest absolute Gasteiger partial charge is 0.338 e. The molecule has 3 aliphatic heterocycles. The van der Waals surface area contributed by atoms with E-state index in [1.54, 1.807) is 12.1 Å². The SMILES string of the molecule is COc1ccc(C(=O)O[C@@H]2[C@H](OC(C)=O)OCC(=O)[C@@H]3[C@H](O[C@@H]4O[C@H](COC(C)=O)[C@@H](OC(C)=O)[C@H](OC(C)=O)[C@H]4OC(C)=O)OCC[C@H]23)cc1.